The molecule has 0 aromatic carbocycles. The van der Waals surface area contributed by atoms with Crippen molar-refractivity contribution in [3.05, 3.63) is 23.9 Å². The molecule has 68 valence electrons. The van der Waals surface area contributed by atoms with Gasteiger partial charge in [-0.25, -0.2) is 4.98 Å². The molecule has 0 saturated carbocycles. The quantitative estimate of drug-likeness (QED) is 0.660. The lowest BCUT2D eigenvalue weighted by Crippen LogP contribution is -1.98. The highest BCUT2D eigenvalue weighted by molar-refractivity contribution is 5.16. The van der Waals surface area contributed by atoms with Gasteiger partial charge < -0.3 is 4.74 Å². The molecule has 0 saturated heterocycles. The summed E-state index contributed by atoms with van der Waals surface area (Å²) in [6, 6.07) is 5.85. The molecule has 0 bridgehead atoms. The van der Waals surface area contributed by atoms with Gasteiger partial charge in [0.15, 0.2) is 0 Å². The molecule has 0 fully saturated rings. The van der Waals surface area contributed by atoms with Gasteiger partial charge in [-0.05, 0) is 18.9 Å². The smallest absolute Gasteiger partial charge is 0.213 e. The molecule has 0 N–H and O–H groups in total. The van der Waals surface area contributed by atoms with Gasteiger partial charge in [0.1, 0.15) is 0 Å². The topological polar surface area (TPSA) is 45.9 Å². The fourth-order valence-corrected chi connectivity index (χ4v) is 0.868. The summed E-state index contributed by atoms with van der Waals surface area (Å²) < 4.78 is 5.30. The van der Waals surface area contributed by atoms with Crippen molar-refractivity contribution in [1.29, 1.82) is 5.26 Å². The Morgan fingerprint density at radius 2 is 2.38 bits per heavy atom. The maximum atomic E-state index is 8.28. The van der Waals surface area contributed by atoms with Gasteiger partial charge in [0.2, 0.25) is 5.88 Å². The summed E-state index contributed by atoms with van der Waals surface area (Å²) in [5.74, 6) is 0.628. The van der Waals surface area contributed by atoms with Crippen molar-refractivity contribution in [1.82, 2.24) is 4.98 Å². The molecule has 0 aliphatic carbocycles. The number of nitrogens with zero attached hydrogens (tertiary/aromatic N) is 2. The molecule has 0 amide bonds. The number of ether oxygens (including phenoxy) is 1. The van der Waals surface area contributed by atoms with Crippen LogP contribution in [0, 0.1) is 18.3 Å². The SMILES string of the molecule is Cc1ccc(OCCCC#N)nc1. The zero-order chi connectivity index (χ0) is 9.52. The van der Waals surface area contributed by atoms with Crippen LogP contribution in [0.1, 0.15) is 18.4 Å². The molecular weight excluding hydrogens is 164 g/mol. The third-order valence-electron chi connectivity index (χ3n) is 1.57. The molecule has 1 heterocycles. The van der Waals surface area contributed by atoms with Crippen LogP contribution in [-0.2, 0) is 0 Å². The van der Waals surface area contributed by atoms with E-state index in [1.165, 1.54) is 0 Å². The number of unbranched alkanes of at least 4 members (excludes halogenated alkanes) is 1. The minimum atomic E-state index is 0.534. The van der Waals surface area contributed by atoms with E-state index in [1.54, 1.807) is 6.20 Å². The highest BCUT2D eigenvalue weighted by atomic mass is 16.5. The molecule has 3 nitrogen and oxygen atoms in total. The molecule has 0 atom stereocenters. The first kappa shape index (κ1) is 9.53. The van der Waals surface area contributed by atoms with Crippen molar-refractivity contribution in [2.75, 3.05) is 6.61 Å². The van der Waals surface area contributed by atoms with E-state index in [9.17, 15) is 0 Å². The average Bonchev–Trinajstić information content (AvgIpc) is 2.15. The summed E-state index contributed by atoms with van der Waals surface area (Å²) in [5, 5.41) is 8.28. The average molecular weight is 176 g/mol. The molecule has 1 aromatic rings. The van der Waals surface area contributed by atoms with E-state index in [1.807, 2.05) is 19.1 Å². The van der Waals surface area contributed by atoms with E-state index < -0.39 is 0 Å². The van der Waals surface area contributed by atoms with Gasteiger partial charge in [-0.2, -0.15) is 5.26 Å². The van der Waals surface area contributed by atoms with E-state index in [0.29, 0.717) is 18.9 Å². The van der Waals surface area contributed by atoms with Crippen LogP contribution in [0.15, 0.2) is 18.3 Å². The van der Waals surface area contributed by atoms with Gasteiger partial charge in [-0.15, -0.1) is 0 Å². The fraction of sp³-hybridized carbons (Fsp3) is 0.400. The summed E-state index contributed by atoms with van der Waals surface area (Å²) >= 11 is 0. The second-order valence-electron chi connectivity index (χ2n) is 2.78. The third kappa shape index (κ3) is 3.57. The zero-order valence-electron chi connectivity index (χ0n) is 7.66. The summed E-state index contributed by atoms with van der Waals surface area (Å²) in [6.07, 6.45) is 3.05. The molecule has 0 radical (unpaired) electrons. The van der Waals surface area contributed by atoms with Crippen LogP contribution in [0.5, 0.6) is 5.88 Å². The Bertz CT molecular complexity index is 287. The standard InChI is InChI=1S/C10H12N2O/c1-9-4-5-10(12-8-9)13-7-3-2-6-11/h4-5,8H,2-3,7H2,1H3. The van der Waals surface area contributed by atoms with Crippen LogP contribution in [-0.4, -0.2) is 11.6 Å². The van der Waals surface area contributed by atoms with Gasteiger partial charge in [0, 0.05) is 18.7 Å². The number of nitriles is 1. The van der Waals surface area contributed by atoms with Crippen LogP contribution in [0.3, 0.4) is 0 Å². The van der Waals surface area contributed by atoms with Crippen LogP contribution in [0.4, 0.5) is 0 Å². The van der Waals surface area contributed by atoms with Crippen molar-refractivity contribution in [2.24, 2.45) is 0 Å². The number of pyridine rings is 1. The Kier molecular flexibility index (Phi) is 3.77. The van der Waals surface area contributed by atoms with E-state index >= 15 is 0 Å². The Hall–Kier alpha value is -1.56. The van der Waals surface area contributed by atoms with Crippen LogP contribution >= 0.6 is 0 Å². The molecule has 0 unspecified atom stereocenters. The Balaban J connectivity index is 2.30. The van der Waals surface area contributed by atoms with Crippen LogP contribution in [0.2, 0.25) is 0 Å². The Morgan fingerprint density at radius 3 is 3.00 bits per heavy atom. The highest BCUT2D eigenvalue weighted by Gasteiger charge is 1.93. The van der Waals surface area contributed by atoms with Crippen molar-refractivity contribution in [2.45, 2.75) is 19.8 Å². The van der Waals surface area contributed by atoms with Gasteiger partial charge >= 0.3 is 0 Å². The zero-order valence-corrected chi connectivity index (χ0v) is 7.66. The monoisotopic (exact) mass is 176 g/mol. The van der Waals surface area contributed by atoms with E-state index in [2.05, 4.69) is 11.1 Å². The van der Waals surface area contributed by atoms with Gasteiger partial charge in [0.25, 0.3) is 0 Å². The van der Waals surface area contributed by atoms with Crippen molar-refractivity contribution in [3.63, 3.8) is 0 Å². The van der Waals surface area contributed by atoms with E-state index in [-0.39, 0.29) is 0 Å². The second-order valence-corrected chi connectivity index (χ2v) is 2.78. The molecule has 0 aliphatic rings. The first-order valence-electron chi connectivity index (χ1n) is 4.25. The van der Waals surface area contributed by atoms with E-state index in [4.69, 9.17) is 10.00 Å². The van der Waals surface area contributed by atoms with E-state index in [0.717, 1.165) is 12.0 Å². The lowest BCUT2D eigenvalue weighted by atomic mass is 10.3. The summed E-state index contributed by atoms with van der Waals surface area (Å²) in [7, 11) is 0. The molecule has 13 heavy (non-hydrogen) atoms. The predicted octanol–water partition coefficient (Wildman–Crippen LogP) is 2.07. The molecule has 1 aromatic heterocycles. The fourth-order valence-electron chi connectivity index (χ4n) is 0.868. The third-order valence-corrected chi connectivity index (χ3v) is 1.57. The minimum absolute atomic E-state index is 0.534. The Labute approximate surface area is 78.0 Å². The normalized spacial score (nSPS) is 9.23. The molecule has 0 spiro atoms. The number of aromatic nitrogens is 1. The van der Waals surface area contributed by atoms with Gasteiger partial charge in [-0.1, -0.05) is 6.07 Å². The molecular formula is C10H12N2O. The van der Waals surface area contributed by atoms with Gasteiger partial charge in [-0.3, -0.25) is 0 Å². The van der Waals surface area contributed by atoms with Gasteiger partial charge in [0.05, 0.1) is 12.7 Å². The number of rotatable bonds is 4. The Morgan fingerprint density at radius 1 is 1.54 bits per heavy atom. The van der Waals surface area contributed by atoms with Crippen molar-refractivity contribution < 1.29 is 4.74 Å². The van der Waals surface area contributed by atoms with Crippen molar-refractivity contribution in [3.8, 4) is 11.9 Å². The largest absolute Gasteiger partial charge is 0.478 e. The lowest BCUT2D eigenvalue weighted by Gasteiger charge is -2.02. The van der Waals surface area contributed by atoms with Crippen LogP contribution < -0.4 is 4.74 Å². The number of aryl methyl sites for hydroxylation is 1. The first-order chi connectivity index (χ1) is 6.33. The van der Waals surface area contributed by atoms with Crippen molar-refractivity contribution >= 4 is 0 Å². The molecule has 1 rings (SSSR count). The summed E-state index contributed by atoms with van der Waals surface area (Å²) in [5.41, 5.74) is 1.12. The number of hydrogen-bond donors (Lipinski definition) is 0. The number of hydrogen-bond acceptors (Lipinski definition) is 3. The summed E-state index contributed by atoms with van der Waals surface area (Å²) in [6.45, 7) is 2.54. The second kappa shape index (κ2) is 5.15. The first-order valence-corrected chi connectivity index (χ1v) is 4.25. The highest BCUT2D eigenvalue weighted by Crippen LogP contribution is 2.06. The maximum absolute atomic E-state index is 8.28. The predicted molar refractivity (Wildman–Crippen MR) is 49.3 cm³/mol. The molecule has 3 heteroatoms. The van der Waals surface area contributed by atoms with Crippen LogP contribution in [0.25, 0.3) is 0 Å². The lowest BCUT2D eigenvalue weighted by molar-refractivity contribution is 0.301. The maximum Gasteiger partial charge on any atom is 0.213 e. The molecule has 0 aliphatic heterocycles. The summed E-state index contributed by atoms with van der Waals surface area (Å²) in [4.78, 5) is 4.07. The minimum Gasteiger partial charge on any atom is -0.478 e.